The number of rotatable bonds is 6. The molecular formula is C14H19FN4O. The first kappa shape index (κ1) is 14.5. The molecule has 2 aromatic rings. The van der Waals surface area contributed by atoms with E-state index >= 15 is 0 Å². The lowest BCUT2D eigenvalue weighted by Crippen LogP contribution is -2.25. The van der Waals surface area contributed by atoms with Gasteiger partial charge in [0.05, 0.1) is 5.56 Å². The first-order chi connectivity index (χ1) is 9.63. The molecule has 0 unspecified atom stereocenters. The van der Waals surface area contributed by atoms with Crippen LogP contribution in [0.3, 0.4) is 0 Å². The van der Waals surface area contributed by atoms with Crippen LogP contribution in [0.5, 0.6) is 0 Å². The van der Waals surface area contributed by atoms with E-state index in [0.29, 0.717) is 17.9 Å². The number of likely N-dealkylation sites (N-methyl/N-ethyl adjacent to an activating group) is 1. The zero-order valence-corrected chi connectivity index (χ0v) is 11.8. The molecule has 0 fully saturated rings. The van der Waals surface area contributed by atoms with E-state index in [9.17, 15) is 4.39 Å². The molecule has 1 heterocycles. The van der Waals surface area contributed by atoms with Gasteiger partial charge in [-0.25, -0.2) is 4.39 Å². The van der Waals surface area contributed by atoms with Crippen molar-refractivity contribution in [2.45, 2.75) is 20.3 Å². The molecule has 20 heavy (non-hydrogen) atoms. The van der Waals surface area contributed by atoms with E-state index in [4.69, 9.17) is 10.3 Å². The smallest absolute Gasteiger partial charge is 0.260 e. The second kappa shape index (κ2) is 6.47. The molecular weight excluding hydrogens is 259 g/mol. The Morgan fingerprint density at radius 1 is 1.30 bits per heavy atom. The number of hydrogen-bond donors (Lipinski definition) is 1. The number of benzene rings is 1. The summed E-state index contributed by atoms with van der Waals surface area (Å²) in [5.74, 6) is 0.323. The number of anilines is 1. The number of hydrogen-bond acceptors (Lipinski definition) is 5. The monoisotopic (exact) mass is 278 g/mol. The van der Waals surface area contributed by atoms with Gasteiger partial charge in [-0.3, -0.25) is 0 Å². The molecule has 2 rings (SSSR count). The molecule has 5 nitrogen and oxygen atoms in total. The average Bonchev–Trinajstić information content (AvgIpc) is 2.88. The summed E-state index contributed by atoms with van der Waals surface area (Å²) in [6, 6.07) is 4.40. The van der Waals surface area contributed by atoms with Gasteiger partial charge in [-0.1, -0.05) is 19.0 Å². The van der Waals surface area contributed by atoms with E-state index < -0.39 is 5.82 Å². The minimum absolute atomic E-state index is 0.192. The largest absolute Gasteiger partial charge is 0.399 e. The fraction of sp³-hybridized carbons (Fsp3) is 0.429. The molecule has 0 aliphatic carbocycles. The first-order valence-corrected chi connectivity index (χ1v) is 6.74. The maximum absolute atomic E-state index is 13.8. The van der Waals surface area contributed by atoms with Crippen molar-refractivity contribution in [1.82, 2.24) is 15.0 Å². The van der Waals surface area contributed by atoms with Crippen molar-refractivity contribution in [1.29, 1.82) is 0 Å². The topological polar surface area (TPSA) is 68.2 Å². The molecule has 0 saturated carbocycles. The van der Waals surface area contributed by atoms with Crippen LogP contribution in [-0.2, 0) is 6.42 Å². The summed E-state index contributed by atoms with van der Waals surface area (Å²) in [4.78, 5) is 6.49. The lowest BCUT2D eigenvalue weighted by molar-refractivity contribution is 0.303. The Morgan fingerprint density at radius 2 is 2.05 bits per heavy atom. The number of nitrogens with two attached hydrogens (primary N) is 1. The van der Waals surface area contributed by atoms with Gasteiger partial charge in [-0.2, -0.15) is 4.98 Å². The molecule has 0 amide bonds. The van der Waals surface area contributed by atoms with E-state index in [1.165, 1.54) is 6.07 Å². The van der Waals surface area contributed by atoms with Gasteiger partial charge in [-0.15, -0.1) is 0 Å². The third kappa shape index (κ3) is 3.33. The highest BCUT2D eigenvalue weighted by Crippen LogP contribution is 2.22. The Hall–Kier alpha value is -1.95. The van der Waals surface area contributed by atoms with Crippen molar-refractivity contribution < 1.29 is 8.91 Å². The van der Waals surface area contributed by atoms with Crippen LogP contribution in [0.25, 0.3) is 11.5 Å². The van der Waals surface area contributed by atoms with Crippen molar-refractivity contribution in [3.05, 3.63) is 29.8 Å². The standard InChI is InChI=1S/C14H19FN4O/c1-3-19(4-2)8-7-13-17-14(20-18-13)11-6-5-10(16)9-12(11)15/h5-6,9H,3-4,7-8,16H2,1-2H3. The van der Waals surface area contributed by atoms with E-state index in [-0.39, 0.29) is 11.5 Å². The second-order valence-corrected chi connectivity index (χ2v) is 4.53. The van der Waals surface area contributed by atoms with Crippen LogP contribution in [-0.4, -0.2) is 34.7 Å². The maximum atomic E-state index is 13.8. The molecule has 0 spiro atoms. The normalized spacial score (nSPS) is 11.2. The number of nitrogen functional groups attached to an aromatic ring is 1. The van der Waals surface area contributed by atoms with Gasteiger partial charge in [0.25, 0.3) is 5.89 Å². The third-order valence-corrected chi connectivity index (χ3v) is 3.24. The minimum Gasteiger partial charge on any atom is -0.399 e. The molecule has 108 valence electrons. The second-order valence-electron chi connectivity index (χ2n) is 4.53. The summed E-state index contributed by atoms with van der Waals surface area (Å²) < 4.78 is 18.9. The fourth-order valence-corrected chi connectivity index (χ4v) is 1.97. The zero-order chi connectivity index (χ0) is 14.5. The molecule has 2 N–H and O–H groups in total. The van der Waals surface area contributed by atoms with Gasteiger partial charge < -0.3 is 15.2 Å². The van der Waals surface area contributed by atoms with Gasteiger partial charge in [0.2, 0.25) is 0 Å². The van der Waals surface area contributed by atoms with Gasteiger partial charge in [0.1, 0.15) is 5.82 Å². The number of halogens is 1. The molecule has 1 aromatic carbocycles. The van der Waals surface area contributed by atoms with Crippen LogP contribution in [0.4, 0.5) is 10.1 Å². The molecule has 0 aliphatic heterocycles. The predicted octanol–water partition coefficient (Wildman–Crippen LogP) is 2.34. The summed E-state index contributed by atoms with van der Waals surface area (Å²) in [7, 11) is 0. The van der Waals surface area contributed by atoms with Crippen molar-refractivity contribution in [3.63, 3.8) is 0 Å². The fourth-order valence-electron chi connectivity index (χ4n) is 1.97. The molecule has 0 aliphatic rings. The summed E-state index contributed by atoms with van der Waals surface area (Å²) in [5, 5.41) is 3.89. The average molecular weight is 278 g/mol. The quantitative estimate of drug-likeness (QED) is 0.821. The predicted molar refractivity (Wildman–Crippen MR) is 75.6 cm³/mol. The van der Waals surface area contributed by atoms with Crippen LogP contribution < -0.4 is 5.73 Å². The molecule has 1 aromatic heterocycles. The summed E-state index contributed by atoms with van der Waals surface area (Å²) in [6.07, 6.45) is 0.682. The van der Waals surface area contributed by atoms with Crippen LogP contribution in [0.1, 0.15) is 19.7 Å². The number of nitrogens with zero attached hydrogens (tertiary/aromatic N) is 3. The van der Waals surface area contributed by atoms with Crippen molar-refractivity contribution in [3.8, 4) is 11.5 Å². The Kier molecular flexibility index (Phi) is 4.68. The van der Waals surface area contributed by atoms with Crippen molar-refractivity contribution in [2.75, 3.05) is 25.4 Å². The summed E-state index contributed by atoms with van der Waals surface area (Å²) in [5.41, 5.74) is 6.16. The maximum Gasteiger partial charge on any atom is 0.260 e. The molecule has 6 heteroatoms. The first-order valence-electron chi connectivity index (χ1n) is 6.74. The molecule has 0 atom stereocenters. The minimum atomic E-state index is -0.455. The van der Waals surface area contributed by atoms with Gasteiger partial charge >= 0.3 is 0 Å². The lowest BCUT2D eigenvalue weighted by Gasteiger charge is -2.16. The van der Waals surface area contributed by atoms with Crippen LogP contribution in [0.2, 0.25) is 0 Å². The van der Waals surface area contributed by atoms with Crippen LogP contribution in [0, 0.1) is 5.82 Å². The third-order valence-electron chi connectivity index (χ3n) is 3.24. The Morgan fingerprint density at radius 3 is 2.70 bits per heavy atom. The molecule has 0 radical (unpaired) electrons. The highest BCUT2D eigenvalue weighted by Gasteiger charge is 2.13. The zero-order valence-electron chi connectivity index (χ0n) is 11.8. The Balaban J connectivity index is 2.08. The Bertz CT molecular complexity index is 566. The van der Waals surface area contributed by atoms with Crippen molar-refractivity contribution in [2.24, 2.45) is 0 Å². The van der Waals surface area contributed by atoms with Gasteiger partial charge in [-0.05, 0) is 31.3 Å². The van der Waals surface area contributed by atoms with E-state index in [1.807, 2.05) is 0 Å². The molecule has 0 saturated heterocycles. The Labute approximate surface area is 117 Å². The van der Waals surface area contributed by atoms with Gasteiger partial charge in [0, 0.05) is 18.7 Å². The SMILES string of the molecule is CCN(CC)CCc1noc(-c2ccc(N)cc2F)n1. The molecule has 0 bridgehead atoms. The van der Waals surface area contributed by atoms with Crippen molar-refractivity contribution >= 4 is 5.69 Å². The lowest BCUT2D eigenvalue weighted by atomic mass is 10.2. The van der Waals surface area contributed by atoms with Crippen LogP contribution in [0.15, 0.2) is 22.7 Å². The van der Waals surface area contributed by atoms with E-state index in [0.717, 1.165) is 19.6 Å². The van der Waals surface area contributed by atoms with Gasteiger partial charge in [0.15, 0.2) is 5.82 Å². The van der Waals surface area contributed by atoms with Crippen LogP contribution >= 0.6 is 0 Å². The van der Waals surface area contributed by atoms with E-state index in [1.54, 1.807) is 12.1 Å². The highest BCUT2D eigenvalue weighted by atomic mass is 19.1. The summed E-state index contributed by atoms with van der Waals surface area (Å²) >= 11 is 0. The van der Waals surface area contributed by atoms with E-state index in [2.05, 4.69) is 28.9 Å². The summed E-state index contributed by atoms with van der Waals surface area (Å²) in [6.45, 7) is 7.03. The highest BCUT2D eigenvalue weighted by molar-refractivity contribution is 5.58. The number of aromatic nitrogens is 2.